The number of hydrogen-bond acceptors (Lipinski definition) is 5. The van der Waals surface area contributed by atoms with Crippen LogP contribution in [0.4, 0.5) is 14.9 Å². The van der Waals surface area contributed by atoms with Gasteiger partial charge in [0.15, 0.2) is 17.3 Å². The molecule has 0 saturated carbocycles. The maximum absolute atomic E-state index is 13.9. The second-order valence-corrected chi connectivity index (χ2v) is 6.46. The van der Waals surface area contributed by atoms with Crippen LogP contribution in [0.1, 0.15) is 11.5 Å². The van der Waals surface area contributed by atoms with Crippen molar-refractivity contribution in [2.75, 3.05) is 31.1 Å². The highest BCUT2D eigenvalue weighted by Crippen LogP contribution is 2.20. The molecule has 0 unspecified atom stereocenters. The Kier molecular flexibility index (Phi) is 4.62. The number of nitrogens with one attached hydrogen (secondary N) is 1. The minimum absolute atomic E-state index is 0.137. The van der Waals surface area contributed by atoms with Crippen LogP contribution in [0.2, 0.25) is 0 Å². The number of halogens is 1. The van der Waals surface area contributed by atoms with Crippen LogP contribution in [-0.4, -0.2) is 47.1 Å². The van der Waals surface area contributed by atoms with Crippen molar-refractivity contribution in [3.63, 3.8) is 0 Å². The Bertz CT molecular complexity index is 966. The van der Waals surface area contributed by atoms with Crippen LogP contribution >= 0.6 is 0 Å². The van der Waals surface area contributed by atoms with Gasteiger partial charge in [0.1, 0.15) is 5.52 Å². The predicted octanol–water partition coefficient (Wildman–Crippen LogP) is 2.70. The summed E-state index contributed by atoms with van der Waals surface area (Å²) >= 11 is 0. The average Bonchev–Trinajstić information content (AvgIpc) is 3.07. The molecule has 1 N–H and O–H groups in total. The van der Waals surface area contributed by atoms with Crippen LogP contribution in [0.5, 0.6) is 0 Å². The molecule has 0 atom stereocenters. The topological polar surface area (TPSA) is 74.5 Å². The lowest BCUT2D eigenvalue weighted by molar-refractivity contribution is 0.194. The molecule has 0 radical (unpaired) electrons. The molecule has 1 aromatic carbocycles. The number of oxazole rings is 1. The van der Waals surface area contributed by atoms with E-state index >= 15 is 0 Å². The minimum atomic E-state index is -0.341. The molecule has 3 aromatic rings. The molecule has 7 nitrogen and oxygen atoms in total. The summed E-state index contributed by atoms with van der Waals surface area (Å²) in [5.41, 5.74) is 2.92. The lowest BCUT2D eigenvalue weighted by Gasteiger charge is -2.36. The van der Waals surface area contributed by atoms with E-state index in [1.807, 2.05) is 23.1 Å². The van der Waals surface area contributed by atoms with Gasteiger partial charge in [0.05, 0.1) is 11.9 Å². The molecule has 2 aromatic heterocycles. The van der Waals surface area contributed by atoms with E-state index in [1.165, 1.54) is 6.20 Å². The van der Waals surface area contributed by atoms with E-state index in [9.17, 15) is 9.18 Å². The number of carbonyl (C=O) groups excluding carboxylic acids is 1. The Morgan fingerprint density at radius 1 is 1.26 bits per heavy atom. The van der Waals surface area contributed by atoms with Gasteiger partial charge in [0.2, 0.25) is 0 Å². The van der Waals surface area contributed by atoms with Crippen molar-refractivity contribution in [1.29, 1.82) is 0 Å². The predicted molar refractivity (Wildman–Crippen MR) is 99.0 cm³/mol. The number of fused-ring (bicyclic) bond motifs is 1. The first-order valence-electron chi connectivity index (χ1n) is 8.84. The average molecular weight is 369 g/mol. The molecule has 1 fully saturated rings. The summed E-state index contributed by atoms with van der Waals surface area (Å²) in [4.78, 5) is 24.3. The summed E-state index contributed by atoms with van der Waals surface area (Å²) in [5, 5.41) is 2.94. The minimum Gasteiger partial charge on any atom is -0.441 e. The number of urea groups is 1. The van der Waals surface area contributed by atoms with Gasteiger partial charge in [0.25, 0.3) is 0 Å². The molecule has 8 heteroatoms. The van der Waals surface area contributed by atoms with Crippen molar-refractivity contribution in [3.05, 3.63) is 53.9 Å². The highest BCUT2D eigenvalue weighted by Gasteiger charge is 2.22. The van der Waals surface area contributed by atoms with Crippen LogP contribution in [0.15, 0.2) is 41.1 Å². The van der Waals surface area contributed by atoms with Crippen molar-refractivity contribution < 1.29 is 13.6 Å². The Morgan fingerprint density at radius 3 is 2.85 bits per heavy atom. The van der Waals surface area contributed by atoms with Crippen molar-refractivity contribution in [3.8, 4) is 0 Å². The molecular formula is C19H20FN5O2. The molecule has 2 amide bonds. The molecule has 4 rings (SSSR count). The number of piperazine rings is 1. The molecule has 1 aliphatic rings. The molecule has 140 valence electrons. The van der Waals surface area contributed by atoms with Gasteiger partial charge < -0.3 is 19.5 Å². The Hall–Kier alpha value is -3.16. The molecular weight excluding hydrogens is 349 g/mol. The number of nitrogens with zero attached hydrogens (tertiary/aromatic N) is 4. The summed E-state index contributed by atoms with van der Waals surface area (Å²) in [7, 11) is 0. The zero-order valence-corrected chi connectivity index (χ0v) is 15.0. The smallest absolute Gasteiger partial charge is 0.317 e. The van der Waals surface area contributed by atoms with E-state index in [2.05, 4.69) is 15.3 Å². The third kappa shape index (κ3) is 3.55. The molecule has 0 spiro atoms. The van der Waals surface area contributed by atoms with Gasteiger partial charge in [-0.25, -0.2) is 14.2 Å². The lowest BCUT2D eigenvalue weighted by atomic mass is 10.2. The fraction of sp³-hybridized carbons (Fsp3) is 0.316. The van der Waals surface area contributed by atoms with Crippen molar-refractivity contribution in [1.82, 2.24) is 20.2 Å². The van der Waals surface area contributed by atoms with Crippen LogP contribution in [0, 0.1) is 12.7 Å². The SMILES string of the molecule is Cc1nc2c(CNC(=O)N3CCN(c4ccncc4F)CC3)cccc2o1. The first kappa shape index (κ1) is 17.3. The Morgan fingerprint density at radius 2 is 2.07 bits per heavy atom. The number of rotatable bonds is 3. The number of aryl methyl sites for hydroxylation is 1. The summed E-state index contributed by atoms with van der Waals surface area (Å²) < 4.78 is 19.4. The molecule has 3 heterocycles. The Labute approximate surface area is 155 Å². The highest BCUT2D eigenvalue weighted by atomic mass is 19.1. The number of carbonyl (C=O) groups is 1. The first-order valence-corrected chi connectivity index (χ1v) is 8.84. The maximum Gasteiger partial charge on any atom is 0.317 e. The molecule has 0 aliphatic carbocycles. The van der Waals surface area contributed by atoms with Gasteiger partial charge in [0, 0.05) is 51.4 Å². The lowest BCUT2D eigenvalue weighted by Crippen LogP contribution is -2.51. The highest BCUT2D eigenvalue weighted by molar-refractivity contribution is 5.78. The number of pyridine rings is 1. The third-order valence-corrected chi connectivity index (χ3v) is 4.70. The number of para-hydroxylation sites is 1. The van der Waals surface area contributed by atoms with Gasteiger partial charge >= 0.3 is 6.03 Å². The van der Waals surface area contributed by atoms with Crippen LogP contribution in [0.3, 0.4) is 0 Å². The first-order chi connectivity index (χ1) is 13.1. The number of benzene rings is 1. The zero-order chi connectivity index (χ0) is 18.8. The van der Waals surface area contributed by atoms with Crippen LogP contribution in [-0.2, 0) is 6.54 Å². The van der Waals surface area contributed by atoms with Crippen LogP contribution < -0.4 is 10.2 Å². The quantitative estimate of drug-likeness (QED) is 0.768. The van der Waals surface area contributed by atoms with E-state index in [1.54, 1.807) is 24.1 Å². The summed E-state index contributed by atoms with van der Waals surface area (Å²) in [6.07, 6.45) is 2.78. The summed E-state index contributed by atoms with van der Waals surface area (Å²) in [5.74, 6) is 0.259. The van der Waals surface area contributed by atoms with Gasteiger partial charge in [-0.15, -0.1) is 0 Å². The molecule has 27 heavy (non-hydrogen) atoms. The molecule has 0 bridgehead atoms. The van der Waals surface area contributed by atoms with Crippen molar-refractivity contribution in [2.45, 2.75) is 13.5 Å². The van der Waals surface area contributed by atoms with Gasteiger partial charge in [-0.1, -0.05) is 12.1 Å². The van der Waals surface area contributed by atoms with Crippen molar-refractivity contribution in [2.24, 2.45) is 0 Å². The number of amides is 2. The Balaban J connectivity index is 1.35. The monoisotopic (exact) mass is 369 g/mol. The number of hydrogen-bond donors (Lipinski definition) is 1. The van der Waals surface area contributed by atoms with E-state index in [-0.39, 0.29) is 11.8 Å². The van der Waals surface area contributed by atoms with Crippen LogP contribution in [0.25, 0.3) is 11.1 Å². The zero-order valence-electron chi connectivity index (χ0n) is 15.0. The molecule has 1 aliphatic heterocycles. The second kappa shape index (κ2) is 7.22. The van der Waals surface area contributed by atoms with Crippen molar-refractivity contribution >= 4 is 22.8 Å². The number of aromatic nitrogens is 2. The van der Waals surface area contributed by atoms with Gasteiger partial charge in [-0.05, 0) is 12.1 Å². The van der Waals surface area contributed by atoms with E-state index in [4.69, 9.17) is 4.42 Å². The summed E-state index contributed by atoms with van der Waals surface area (Å²) in [6, 6.07) is 7.19. The maximum atomic E-state index is 13.9. The standard InChI is InChI=1S/C19H20FN5O2/c1-13-23-18-14(3-2-4-17(18)27-13)11-22-19(26)25-9-7-24(8-10-25)16-5-6-21-12-15(16)20/h2-6,12H,7-11H2,1H3,(H,22,26). The van der Waals surface area contributed by atoms with Gasteiger partial charge in [-0.3, -0.25) is 4.98 Å². The van der Waals surface area contributed by atoms with E-state index < -0.39 is 0 Å². The molecule has 1 saturated heterocycles. The second-order valence-electron chi connectivity index (χ2n) is 6.46. The normalized spacial score (nSPS) is 14.6. The summed E-state index contributed by atoms with van der Waals surface area (Å²) in [6.45, 7) is 4.38. The fourth-order valence-electron chi connectivity index (χ4n) is 3.32. The third-order valence-electron chi connectivity index (χ3n) is 4.70. The fourth-order valence-corrected chi connectivity index (χ4v) is 3.32. The number of anilines is 1. The van der Waals surface area contributed by atoms with E-state index in [0.29, 0.717) is 49.9 Å². The van der Waals surface area contributed by atoms with Gasteiger partial charge in [-0.2, -0.15) is 0 Å². The van der Waals surface area contributed by atoms with E-state index in [0.717, 1.165) is 11.1 Å². The largest absolute Gasteiger partial charge is 0.441 e.